The topological polar surface area (TPSA) is 52.6 Å². The van der Waals surface area contributed by atoms with Gasteiger partial charge in [0.2, 0.25) is 0 Å². The van der Waals surface area contributed by atoms with Crippen molar-refractivity contribution >= 4 is 17.6 Å². The highest BCUT2D eigenvalue weighted by Crippen LogP contribution is 2.37. The van der Waals surface area contributed by atoms with E-state index in [0.717, 1.165) is 23.6 Å². The first-order valence-electron chi connectivity index (χ1n) is 10.5. The molecule has 0 saturated carbocycles. The summed E-state index contributed by atoms with van der Waals surface area (Å²) in [7, 11) is 3.02. The molecule has 0 fully saturated rings. The standard InChI is InChI=1S/C18H14F2O3.C9H8O/c1-22-16-7-11-6-12(18(21)15(11)9-17(16)23-2)3-10-4-13(19)8-14(20)5-10;10-9-6-5-7-3-1-2-4-8(7)9/h3-5,7-9H,6H2,1-2H3;1-4H,5-6H2. The number of hydrogen-bond donors (Lipinski definition) is 0. The van der Waals surface area contributed by atoms with Gasteiger partial charge in [-0.1, -0.05) is 24.3 Å². The fraction of sp³-hybridized carbons (Fsp3) is 0.185. The molecule has 0 spiro atoms. The van der Waals surface area contributed by atoms with Gasteiger partial charge >= 0.3 is 0 Å². The molecule has 0 unspecified atom stereocenters. The van der Waals surface area contributed by atoms with E-state index in [4.69, 9.17) is 9.47 Å². The maximum atomic E-state index is 13.3. The van der Waals surface area contributed by atoms with Crippen LogP contribution in [0.4, 0.5) is 8.78 Å². The third-order valence-electron chi connectivity index (χ3n) is 5.69. The molecule has 0 aromatic heterocycles. The number of fused-ring (bicyclic) bond motifs is 2. The number of benzene rings is 3. The number of ether oxygens (including phenoxy) is 2. The number of allylic oxidation sites excluding steroid dienone is 1. The Morgan fingerprint density at radius 1 is 0.788 bits per heavy atom. The van der Waals surface area contributed by atoms with Gasteiger partial charge in [-0.15, -0.1) is 0 Å². The summed E-state index contributed by atoms with van der Waals surface area (Å²) in [6.07, 6.45) is 3.54. The van der Waals surface area contributed by atoms with E-state index in [1.807, 2.05) is 24.3 Å². The summed E-state index contributed by atoms with van der Waals surface area (Å²) in [5.74, 6) is -0.220. The smallest absolute Gasteiger partial charge is 0.189 e. The van der Waals surface area contributed by atoms with Crippen molar-refractivity contribution in [3.63, 3.8) is 0 Å². The Labute approximate surface area is 190 Å². The number of hydrogen-bond acceptors (Lipinski definition) is 4. The third-order valence-corrected chi connectivity index (χ3v) is 5.69. The van der Waals surface area contributed by atoms with Gasteiger partial charge in [0, 0.05) is 35.6 Å². The van der Waals surface area contributed by atoms with E-state index in [1.54, 1.807) is 12.1 Å². The van der Waals surface area contributed by atoms with Crippen molar-refractivity contribution in [3.8, 4) is 11.5 Å². The Morgan fingerprint density at radius 2 is 1.45 bits per heavy atom. The summed E-state index contributed by atoms with van der Waals surface area (Å²) in [5.41, 5.74) is 4.26. The average molecular weight is 448 g/mol. The molecule has 3 aromatic rings. The lowest BCUT2D eigenvalue weighted by Gasteiger charge is -2.08. The minimum absolute atomic E-state index is 0.175. The van der Waals surface area contributed by atoms with Crippen LogP contribution in [0.15, 0.2) is 60.2 Å². The summed E-state index contributed by atoms with van der Waals surface area (Å²) >= 11 is 0. The van der Waals surface area contributed by atoms with Crippen LogP contribution >= 0.6 is 0 Å². The van der Waals surface area contributed by atoms with Gasteiger partial charge in [0.1, 0.15) is 11.6 Å². The third kappa shape index (κ3) is 4.70. The summed E-state index contributed by atoms with van der Waals surface area (Å²) in [6, 6.07) is 14.4. The number of carbonyl (C=O) groups is 2. The molecule has 0 radical (unpaired) electrons. The molecule has 0 heterocycles. The number of carbonyl (C=O) groups excluding carboxylic acids is 2. The fourth-order valence-electron chi connectivity index (χ4n) is 4.11. The van der Waals surface area contributed by atoms with Crippen LogP contribution in [0.25, 0.3) is 6.08 Å². The maximum absolute atomic E-state index is 13.3. The number of methoxy groups -OCH3 is 2. The lowest BCUT2D eigenvalue weighted by molar-refractivity contribution is 0.0993. The first-order chi connectivity index (χ1) is 15.9. The van der Waals surface area contributed by atoms with Crippen molar-refractivity contribution in [1.82, 2.24) is 0 Å². The van der Waals surface area contributed by atoms with Gasteiger partial charge in [0.05, 0.1) is 14.2 Å². The zero-order valence-electron chi connectivity index (χ0n) is 18.3. The van der Waals surface area contributed by atoms with Crippen LogP contribution in [0.5, 0.6) is 11.5 Å². The van der Waals surface area contributed by atoms with Gasteiger partial charge in [0.25, 0.3) is 0 Å². The second kappa shape index (κ2) is 9.36. The van der Waals surface area contributed by atoms with E-state index in [9.17, 15) is 18.4 Å². The Morgan fingerprint density at radius 3 is 2.12 bits per heavy atom. The van der Waals surface area contributed by atoms with Crippen LogP contribution in [0.1, 0.15) is 43.8 Å². The zero-order valence-corrected chi connectivity index (χ0v) is 18.3. The van der Waals surface area contributed by atoms with Crippen molar-refractivity contribution < 1.29 is 27.8 Å². The highest BCUT2D eigenvalue weighted by Gasteiger charge is 2.27. The van der Waals surface area contributed by atoms with Crippen molar-refractivity contribution in [1.29, 1.82) is 0 Å². The van der Waals surface area contributed by atoms with E-state index in [-0.39, 0.29) is 5.78 Å². The Balaban J connectivity index is 0.000000214. The van der Waals surface area contributed by atoms with Crippen molar-refractivity contribution in [2.45, 2.75) is 19.3 Å². The summed E-state index contributed by atoms with van der Waals surface area (Å²) in [4.78, 5) is 23.6. The van der Waals surface area contributed by atoms with Crippen LogP contribution in [0, 0.1) is 11.6 Å². The molecule has 0 saturated heterocycles. The van der Waals surface area contributed by atoms with Gasteiger partial charge in [-0.2, -0.15) is 0 Å². The van der Waals surface area contributed by atoms with Crippen LogP contribution in [0.2, 0.25) is 0 Å². The molecule has 0 amide bonds. The highest BCUT2D eigenvalue weighted by atomic mass is 19.1. The Hall–Kier alpha value is -3.80. The number of halogens is 2. The minimum Gasteiger partial charge on any atom is -0.493 e. The van der Waals surface area contributed by atoms with Crippen molar-refractivity contribution in [2.24, 2.45) is 0 Å². The molecule has 33 heavy (non-hydrogen) atoms. The van der Waals surface area contributed by atoms with Crippen LogP contribution < -0.4 is 9.47 Å². The minimum atomic E-state index is -0.678. The summed E-state index contributed by atoms with van der Waals surface area (Å²) in [6.45, 7) is 0. The van der Waals surface area contributed by atoms with Gasteiger partial charge in [-0.25, -0.2) is 8.78 Å². The number of aryl methyl sites for hydroxylation is 1. The average Bonchev–Trinajstić information content (AvgIpc) is 3.32. The van der Waals surface area contributed by atoms with Gasteiger partial charge in [-0.3, -0.25) is 9.59 Å². The maximum Gasteiger partial charge on any atom is 0.189 e. The van der Waals surface area contributed by atoms with Crippen LogP contribution in [0.3, 0.4) is 0 Å². The van der Waals surface area contributed by atoms with Crippen LogP contribution in [-0.4, -0.2) is 25.8 Å². The number of rotatable bonds is 3. The first kappa shape index (κ1) is 22.4. The van der Waals surface area contributed by atoms with Gasteiger partial charge in [0.15, 0.2) is 23.1 Å². The second-order valence-corrected chi connectivity index (χ2v) is 7.82. The van der Waals surface area contributed by atoms with E-state index in [1.165, 1.54) is 38.0 Å². The monoisotopic (exact) mass is 448 g/mol. The van der Waals surface area contributed by atoms with Gasteiger partial charge < -0.3 is 9.47 Å². The normalized spacial score (nSPS) is 15.1. The SMILES string of the molecule is COc1cc2c(cc1OC)C(=O)C(=Cc1cc(F)cc(F)c1)C2.O=C1CCc2ccccc21. The largest absolute Gasteiger partial charge is 0.493 e. The molecular formula is C27H22F2O4. The molecule has 0 aliphatic heterocycles. The highest BCUT2D eigenvalue weighted by molar-refractivity contribution is 6.16. The first-order valence-corrected chi connectivity index (χ1v) is 10.5. The molecule has 168 valence electrons. The molecule has 2 aliphatic carbocycles. The second-order valence-electron chi connectivity index (χ2n) is 7.82. The van der Waals surface area contributed by atoms with E-state index >= 15 is 0 Å². The van der Waals surface area contributed by atoms with E-state index < -0.39 is 11.6 Å². The molecule has 3 aromatic carbocycles. The van der Waals surface area contributed by atoms with Gasteiger partial charge in [-0.05, 0) is 53.5 Å². The predicted molar refractivity (Wildman–Crippen MR) is 121 cm³/mol. The quantitative estimate of drug-likeness (QED) is 0.488. The molecule has 6 heteroatoms. The molecular weight excluding hydrogens is 426 g/mol. The lowest BCUT2D eigenvalue weighted by atomic mass is 10.1. The molecule has 2 aliphatic rings. The molecule has 0 atom stereocenters. The summed E-state index contributed by atoms with van der Waals surface area (Å²) in [5, 5.41) is 0. The summed E-state index contributed by atoms with van der Waals surface area (Å²) < 4.78 is 37.0. The van der Waals surface area contributed by atoms with Crippen molar-refractivity contribution in [2.75, 3.05) is 14.2 Å². The molecule has 4 nitrogen and oxygen atoms in total. The number of ketones is 2. The van der Waals surface area contributed by atoms with Crippen LogP contribution in [-0.2, 0) is 12.8 Å². The fourth-order valence-corrected chi connectivity index (χ4v) is 4.11. The molecule has 0 N–H and O–H groups in total. The Bertz CT molecular complexity index is 1260. The molecule has 5 rings (SSSR count). The van der Waals surface area contributed by atoms with E-state index in [2.05, 4.69) is 0 Å². The lowest BCUT2D eigenvalue weighted by Crippen LogP contribution is -1.97. The number of Topliss-reactive ketones (excluding diaryl/α,β-unsaturated/α-hetero) is 2. The zero-order chi connectivity index (χ0) is 23.5. The van der Waals surface area contributed by atoms with Crippen molar-refractivity contribution in [3.05, 3.63) is 99.6 Å². The Kier molecular flexibility index (Phi) is 6.36. The van der Waals surface area contributed by atoms with E-state index in [0.29, 0.717) is 46.8 Å². The predicted octanol–water partition coefficient (Wildman–Crippen LogP) is 5.62. The molecule has 0 bridgehead atoms.